The van der Waals surface area contributed by atoms with Gasteiger partial charge in [0, 0.05) is 5.75 Å². The molecule has 1 aliphatic rings. The number of hydrogen-bond acceptors (Lipinski definition) is 4. The molecule has 1 aliphatic heterocycles. The molecule has 0 unspecified atom stereocenters. The number of thioether (sulfide) groups is 1. The highest BCUT2D eigenvalue weighted by molar-refractivity contribution is 8.01. The lowest BCUT2D eigenvalue weighted by molar-refractivity contribution is -0.136. The highest BCUT2D eigenvalue weighted by Gasteiger charge is 2.21. The molecule has 0 saturated heterocycles. The second-order valence-electron chi connectivity index (χ2n) is 3.38. The van der Waals surface area contributed by atoms with E-state index in [2.05, 4.69) is 22.1 Å². The molecular formula is C12H11NO2S. The molecule has 0 spiro atoms. The van der Waals surface area contributed by atoms with Crippen molar-refractivity contribution in [1.82, 2.24) is 0 Å². The summed E-state index contributed by atoms with van der Waals surface area (Å²) in [5, 5.41) is 5.42. The van der Waals surface area contributed by atoms with E-state index in [1.165, 1.54) is 5.56 Å². The lowest BCUT2D eigenvalue weighted by Crippen LogP contribution is -2.01. The monoisotopic (exact) mass is 233 g/mol. The summed E-state index contributed by atoms with van der Waals surface area (Å²) in [6.45, 7) is 1.76. The summed E-state index contributed by atoms with van der Waals surface area (Å²) in [7, 11) is 0. The normalized spacial score (nSPS) is 17.4. The standard InChI is InChI=1S/C12H11NO2S/c1-9-11(12(14)15-13-9)8-16-7-10-5-3-2-4-6-10/h2-6,8H,7H2,1H3/b11-8-. The Balaban J connectivity index is 1.95. The van der Waals surface area contributed by atoms with Crippen molar-refractivity contribution in [2.45, 2.75) is 12.7 Å². The van der Waals surface area contributed by atoms with E-state index < -0.39 is 0 Å². The maximum atomic E-state index is 11.2. The van der Waals surface area contributed by atoms with Gasteiger partial charge in [0.05, 0.1) is 11.3 Å². The van der Waals surface area contributed by atoms with Crippen molar-refractivity contribution in [3.05, 3.63) is 46.9 Å². The fourth-order valence-electron chi connectivity index (χ4n) is 1.28. The predicted octanol–water partition coefficient (Wildman–Crippen LogP) is 2.74. The summed E-state index contributed by atoms with van der Waals surface area (Å²) < 4.78 is 0. The van der Waals surface area contributed by atoms with Gasteiger partial charge in [-0.25, -0.2) is 4.79 Å². The zero-order valence-corrected chi connectivity index (χ0v) is 9.66. The summed E-state index contributed by atoms with van der Waals surface area (Å²) in [4.78, 5) is 15.8. The van der Waals surface area contributed by atoms with Gasteiger partial charge in [-0.05, 0) is 17.9 Å². The molecule has 0 amide bonds. The summed E-state index contributed by atoms with van der Waals surface area (Å²) in [5.41, 5.74) is 2.43. The first-order valence-electron chi connectivity index (χ1n) is 4.89. The zero-order valence-electron chi connectivity index (χ0n) is 8.84. The Kier molecular flexibility index (Phi) is 3.41. The SMILES string of the molecule is CC1=NOC(=O)/C1=C\SCc1ccccc1. The molecule has 0 fully saturated rings. The van der Waals surface area contributed by atoms with Crippen molar-refractivity contribution >= 4 is 23.4 Å². The molecule has 0 N–H and O–H groups in total. The quantitative estimate of drug-likeness (QED) is 0.595. The molecule has 0 aliphatic carbocycles. The third kappa shape index (κ3) is 2.52. The molecule has 3 nitrogen and oxygen atoms in total. The Bertz CT molecular complexity index is 451. The third-order valence-corrected chi connectivity index (χ3v) is 3.07. The summed E-state index contributed by atoms with van der Waals surface area (Å²) in [6.07, 6.45) is 0. The summed E-state index contributed by atoms with van der Waals surface area (Å²) in [6, 6.07) is 10.1. The number of oxime groups is 1. The van der Waals surface area contributed by atoms with Crippen LogP contribution < -0.4 is 0 Å². The molecule has 0 radical (unpaired) electrons. The van der Waals surface area contributed by atoms with Crippen molar-refractivity contribution in [2.75, 3.05) is 0 Å². The van der Waals surface area contributed by atoms with Crippen LogP contribution in [0.2, 0.25) is 0 Å². The van der Waals surface area contributed by atoms with Gasteiger partial charge >= 0.3 is 5.97 Å². The van der Waals surface area contributed by atoms with Gasteiger partial charge < -0.3 is 4.84 Å². The zero-order chi connectivity index (χ0) is 11.4. The lowest BCUT2D eigenvalue weighted by Gasteiger charge is -1.97. The molecule has 82 valence electrons. The Labute approximate surface area is 98.2 Å². The minimum atomic E-state index is -0.363. The van der Waals surface area contributed by atoms with Crippen LogP contribution in [0.25, 0.3) is 0 Å². The van der Waals surface area contributed by atoms with E-state index in [9.17, 15) is 4.79 Å². The molecule has 0 aromatic heterocycles. The molecular weight excluding hydrogens is 222 g/mol. The average Bonchev–Trinajstić information content (AvgIpc) is 2.62. The maximum Gasteiger partial charge on any atom is 0.368 e. The van der Waals surface area contributed by atoms with E-state index in [4.69, 9.17) is 0 Å². The number of nitrogens with zero attached hydrogens (tertiary/aromatic N) is 1. The van der Waals surface area contributed by atoms with Crippen LogP contribution in [-0.2, 0) is 15.4 Å². The highest BCUT2D eigenvalue weighted by Crippen LogP contribution is 2.19. The number of hydrogen-bond donors (Lipinski definition) is 0. The van der Waals surface area contributed by atoms with Gasteiger partial charge in [0.25, 0.3) is 0 Å². The fraction of sp³-hybridized carbons (Fsp3) is 0.167. The van der Waals surface area contributed by atoms with E-state index in [0.717, 1.165) is 5.75 Å². The van der Waals surface area contributed by atoms with Crippen molar-refractivity contribution in [2.24, 2.45) is 5.16 Å². The molecule has 0 bridgehead atoms. The summed E-state index contributed by atoms with van der Waals surface area (Å²) in [5.74, 6) is 0.475. The van der Waals surface area contributed by atoms with Gasteiger partial charge in [0.1, 0.15) is 0 Å². The van der Waals surface area contributed by atoms with Crippen molar-refractivity contribution in [3.8, 4) is 0 Å². The van der Waals surface area contributed by atoms with Crippen molar-refractivity contribution < 1.29 is 9.63 Å². The number of benzene rings is 1. The van der Waals surface area contributed by atoms with E-state index in [-0.39, 0.29) is 5.97 Å². The van der Waals surface area contributed by atoms with Gasteiger partial charge in [0.15, 0.2) is 0 Å². The van der Waals surface area contributed by atoms with Crippen LogP contribution in [0.3, 0.4) is 0 Å². The average molecular weight is 233 g/mol. The van der Waals surface area contributed by atoms with Crippen LogP contribution in [-0.4, -0.2) is 11.7 Å². The maximum absolute atomic E-state index is 11.2. The van der Waals surface area contributed by atoms with E-state index >= 15 is 0 Å². The van der Waals surface area contributed by atoms with Crippen LogP contribution in [0, 0.1) is 0 Å². The predicted molar refractivity (Wildman–Crippen MR) is 65.0 cm³/mol. The smallest absolute Gasteiger partial charge is 0.312 e. The fourth-order valence-corrected chi connectivity index (χ4v) is 2.19. The van der Waals surface area contributed by atoms with E-state index in [0.29, 0.717) is 11.3 Å². The van der Waals surface area contributed by atoms with Crippen molar-refractivity contribution in [3.63, 3.8) is 0 Å². The summed E-state index contributed by atoms with van der Waals surface area (Å²) >= 11 is 1.57. The van der Waals surface area contributed by atoms with E-state index in [1.54, 1.807) is 24.1 Å². The molecule has 1 aromatic rings. The highest BCUT2D eigenvalue weighted by atomic mass is 32.2. The van der Waals surface area contributed by atoms with Crippen LogP contribution in [0.15, 0.2) is 46.5 Å². The van der Waals surface area contributed by atoms with Crippen LogP contribution in [0.4, 0.5) is 0 Å². The molecule has 0 atom stereocenters. The largest absolute Gasteiger partial charge is 0.368 e. The third-order valence-electron chi connectivity index (χ3n) is 2.17. The molecule has 2 rings (SSSR count). The van der Waals surface area contributed by atoms with Crippen LogP contribution in [0.5, 0.6) is 0 Å². The second kappa shape index (κ2) is 4.99. The first-order valence-corrected chi connectivity index (χ1v) is 5.94. The Morgan fingerprint density at radius 3 is 2.75 bits per heavy atom. The first-order chi connectivity index (χ1) is 7.77. The Morgan fingerprint density at radius 1 is 1.38 bits per heavy atom. The number of rotatable bonds is 3. The molecule has 1 aromatic carbocycles. The van der Waals surface area contributed by atoms with Gasteiger partial charge in [0.2, 0.25) is 0 Å². The van der Waals surface area contributed by atoms with Gasteiger partial charge in [-0.15, -0.1) is 11.8 Å². The molecule has 1 heterocycles. The van der Waals surface area contributed by atoms with Gasteiger partial charge in [-0.3, -0.25) is 0 Å². The second-order valence-corrected chi connectivity index (χ2v) is 4.24. The lowest BCUT2D eigenvalue weighted by atomic mass is 10.2. The molecule has 16 heavy (non-hydrogen) atoms. The van der Waals surface area contributed by atoms with Crippen LogP contribution in [0.1, 0.15) is 12.5 Å². The Hall–Kier alpha value is -1.55. The minimum absolute atomic E-state index is 0.363. The first kappa shape index (κ1) is 11.0. The minimum Gasteiger partial charge on any atom is -0.312 e. The topological polar surface area (TPSA) is 38.7 Å². The molecule has 0 saturated carbocycles. The number of carbonyl (C=O) groups is 1. The van der Waals surface area contributed by atoms with Gasteiger partial charge in [-0.2, -0.15) is 0 Å². The van der Waals surface area contributed by atoms with Crippen molar-refractivity contribution in [1.29, 1.82) is 0 Å². The number of carbonyl (C=O) groups excluding carboxylic acids is 1. The van der Waals surface area contributed by atoms with Crippen LogP contribution >= 0.6 is 11.8 Å². The van der Waals surface area contributed by atoms with Gasteiger partial charge in [-0.1, -0.05) is 35.5 Å². The molecule has 4 heteroatoms. The Morgan fingerprint density at radius 2 is 2.12 bits per heavy atom. The van der Waals surface area contributed by atoms with E-state index in [1.807, 2.05) is 18.2 Å².